The van der Waals surface area contributed by atoms with Crippen LogP contribution in [0.2, 0.25) is 0 Å². The Hall–Kier alpha value is -5.15. The molecule has 0 fully saturated rings. The van der Waals surface area contributed by atoms with Gasteiger partial charge in [-0.2, -0.15) is 0 Å². The first-order valence-corrected chi connectivity index (χ1v) is 14.9. The molecule has 0 bridgehead atoms. The zero-order valence-electron chi connectivity index (χ0n) is 24.8. The number of rotatable bonds is 4. The molecule has 3 heteroatoms. The maximum Gasteiger partial charge on any atom is 0.227 e. The van der Waals surface area contributed by atoms with Crippen molar-refractivity contribution in [3.05, 3.63) is 144 Å². The molecule has 1 aliphatic rings. The summed E-state index contributed by atoms with van der Waals surface area (Å²) in [6, 6.07) is 43.5. The van der Waals surface area contributed by atoms with Gasteiger partial charge < -0.3 is 9.32 Å². The maximum absolute atomic E-state index is 6.35. The molecule has 0 aliphatic heterocycles. The van der Waals surface area contributed by atoms with Crippen LogP contribution in [0.3, 0.4) is 0 Å². The summed E-state index contributed by atoms with van der Waals surface area (Å²) in [6.07, 6.45) is 0. The topological polar surface area (TPSA) is 29.3 Å². The first-order valence-electron chi connectivity index (χ1n) is 14.9. The number of aromatic nitrogens is 1. The molecular weight excluding hydrogens is 524 g/mol. The van der Waals surface area contributed by atoms with Gasteiger partial charge in [-0.25, -0.2) is 4.98 Å². The third kappa shape index (κ3) is 4.07. The number of hydrogen-bond donors (Lipinski definition) is 0. The van der Waals surface area contributed by atoms with E-state index in [0.717, 1.165) is 33.7 Å². The number of hydrogen-bond acceptors (Lipinski definition) is 3. The van der Waals surface area contributed by atoms with Crippen LogP contribution in [0.4, 0.5) is 17.1 Å². The van der Waals surface area contributed by atoms with Gasteiger partial charge in [-0.3, -0.25) is 0 Å². The van der Waals surface area contributed by atoms with E-state index in [1.165, 1.54) is 44.2 Å². The molecule has 0 N–H and O–H groups in total. The van der Waals surface area contributed by atoms with Gasteiger partial charge >= 0.3 is 0 Å². The van der Waals surface area contributed by atoms with E-state index in [1.807, 2.05) is 0 Å². The van der Waals surface area contributed by atoms with Crippen molar-refractivity contribution in [2.45, 2.75) is 33.1 Å². The van der Waals surface area contributed by atoms with Crippen LogP contribution in [0.15, 0.2) is 126 Å². The summed E-state index contributed by atoms with van der Waals surface area (Å²) in [5.41, 5.74) is 13.6. The minimum atomic E-state index is -0.166. The smallest absolute Gasteiger partial charge is 0.227 e. The van der Waals surface area contributed by atoms with E-state index in [4.69, 9.17) is 9.40 Å². The number of aryl methyl sites for hydroxylation is 2. The first kappa shape index (κ1) is 25.6. The molecule has 1 aromatic heterocycles. The van der Waals surface area contributed by atoms with Crippen molar-refractivity contribution < 1.29 is 4.42 Å². The van der Waals surface area contributed by atoms with Crippen LogP contribution in [-0.4, -0.2) is 4.98 Å². The molecule has 8 rings (SSSR count). The van der Waals surface area contributed by atoms with Crippen molar-refractivity contribution in [2.24, 2.45) is 0 Å². The van der Waals surface area contributed by atoms with Gasteiger partial charge in [0.1, 0.15) is 5.52 Å². The van der Waals surface area contributed by atoms with Gasteiger partial charge in [-0.1, -0.05) is 62.4 Å². The van der Waals surface area contributed by atoms with Gasteiger partial charge in [-0.15, -0.1) is 0 Å². The second kappa shape index (κ2) is 9.43. The molecule has 0 amide bonds. The number of nitrogens with zero attached hydrogens (tertiary/aromatic N) is 2. The standard InChI is InChI=1S/C40H32N2O/c1-25-15-16-28(19-26(25)2)39-41-37-24-36-34(23-38(37)43-39)33-21-27-17-18-32(20-29(27)22-35(33)40(36,3)4)42(30-11-7-5-8-12-30)31-13-9-6-10-14-31/h5-24H,1-4H3. The van der Waals surface area contributed by atoms with Crippen LogP contribution in [0, 0.1) is 13.8 Å². The average molecular weight is 557 g/mol. The van der Waals surface area contributed by atoms with E-state index in [1.54, 1.807) is 0 Å². The third-order valence-corrected chi connectivity index (χ3v) is 9.17. The summed E-state index contributed by atoms with van der Waals surface area (Å²) in [5, 5.41) is 2.45. The first-order chi connectivity index (χ1) is 20.9. The Kier molecular flexibility index (Phi) is 5.61. The van der Waals surface area contributed by atoms with Crippen LogP contribution in [-0.2, 0) is 5.41 Å². The highest BCUT2D eigenvalue weighted by molar-refractivity contribution is 5.98. The van der Waals surface area contributed by atoms with Gasteiger partial charge in [0.05, 0.1) is 0 Å². The highest BCUT2D eigenvalue weighted by Crippen LogP contribution is 2.51. The van der Waals surface area contributed by atoms with Crippen LogP contribution < -0.4 is 4.90 Å². The van der Waals surface area contributed by atoms with Crippen molar-refractivity contribution in [3.63, 3.8) is 0 Å². The van der Waals surface area contributed by atoms with Gasteiger partial charge in [0.15, 0.2) is 5.58 Å². The van der Waals surface area contributed by atoms with Crippen molar-refractivity contribution in [1.29, 1.82) is 0 Å². The Morgan fingerprint density at radius 2 is 1.26 bits per heavy atom. The predicted octanol–water partition coefficient (Wildman–Crippen LogP) is 11.0. The minimum Gasteiger partial charge on any atom is -0.436 e. The SMILES string of the molecule is Cc1ccc(-c2nc3cc4c(cc3o2)-c2cc3ccc(N(c5ccccc5)c5ccccc5)cc3cc2C4(C)C)cc1C. The minimum absolute atomic E-state index is 0.166. The van der Waals surface area contributed by atoms with Gasteiger partial charge in [0, 0.05) is 28.0 Å². The average Bonchev–Trinajstić information content (AvgIpc) is 3.53. The molecule has 0 atom stereocenters. The molecule has 0 unspecified atom stereocenters. The van der Waals surface area contributed by atoms with Crippen molar-refractivity contribution >= 4 is 38.9 Å². The highest BCUT2D eigenvalue weighted by atomic mass is 16.3. The lowest BCUT2D eigenvalue weighted by molar-refractivity contribution is 0.619. The van der Waals surface area contributed by atoms with E-state index in [0.29, 0.717) is 5.89 Å². The molecule has 1 aliphatic carbocycles. The van der Waals surface area contributed by atoms with Crippen molar-refractivity contribution in [1.82, 2.24) is 4.98 Å². The number of para-hydroxylation sites is 2. The molecule has 7 aromatic rings. The second-order valence-corrected chi connectivity index (χ2v) is 12.2. The lowest BCUT2D eigenvalue weighted by Gasteiger charge is -2.26. The van der Waals surface area contributed by atoms with Gasteiger partial charge in [0.25, 0.3) is 0 Å². The lowest BCUT2D eigenvalue weighted by Crippen LogP contribution is -2.15. The number of benzene rings is 6. The maximum atomic E-state index is 6.35. The second-order valence-electron chi connectivity index (χ2n) is 12.2. The largest absolute Gasteiger partial charge is 0.436 e. The van der Waals surface area contributed by atoms with Crippen LogP contribution >= 0.6 is 0 Å². The lowest BCUT2D eigenvalue weighted by atomic mass is 9.82. The summed E-state index contributed by atoms with van der Waals surface area (Å²) in [5.74, 6) is 0.673. The molecule has 1 heterocycles. The Labute approximate surface area is 252 Å². The van der Waals surface area contributed by atoms with E-state index in [9.17, 15) is 0 Å². The Morgan fingerprint density at radius 3 is 1.95 bits per heavy atom. The molecule has 0 saturated carbocycles. The third-order valence-electron chi connectivity index (χ3n) is 9.17. The summed E-state index contributed by atoms with van der Waals surface area (Å²) in [6.45, 7) is 8.90. The number of fused-ring (bicyclic) bond motifs is 5. The van der Waals surface area contributed by atoms with E-state index >= 15 is 0 Å². The van der Waals surface area contributed by atoms with E-state index in [-0.39, 0.29) is 5.41 Å². The zero-order chi connectivity index (χ0) is 29.3. The van der Waals surface area contributed by atoms with Crippen LogP contribution in [0.5, 0.6) is 0 Å². The normalized spacial score (nSPS) is 13.3. The summed E-state index contributed by atoms with van der Waals surface area (Å²) < 4.78 is 6.35. The monoisotopic (exact) mass is 556 g/mol. The quantitative estimate of drug-likeness (QED) is 0.216. The number of anilines is 3. The molecule has 3 nitrogen and oxygen atoms in total. The van der Waals surface area contributed by atoms with Crippen LogP contribution in [0.25, 0.3) is 44.5 Å². The molecule has 43 heavy (non-hydrogen) atoms. The fraction of sp³-hybridized carbons (Fsp3) is 0.125. The Morgan fingerprint density at radius 1 is 0.581 bits per heavy atom. The van der Waals surface area contributed by atoms with Crippen LogP contribution in [0.1, 0.15) is 36.1 Å². The molecule has 0 radical (unpaired) electrons. The predicted molar refractivity (Wildman–Crippen MR) is 179 cm³/mol. The van der Waals surface area contributed by atoms with Crippen molar-refractivity contribution in [3.8, 4) is 22.6 Å². The van der Waals surface area contributed by atoms with E-state index in [2.05, 4.69) is 154 Å². The molecule has 208 valence electrons. The molecule has 6 aromatic carbocycles. The molecule has 0 saturated heterocycles. The highest BCUT2D eigenvalue weighted by Gasteiger charge is 2.36. The summed E-state index contributed by atoms with van der Waals surface area (Å²) in [7, 11) is 0. The molecule has 0 spiro atoms. The van der Waals surface area contributed by atoms with Gasteiger partial charge in [-0.05, 0) is 131 Å². The number of oxazole rings is 1. The zero-order valence-corrected chi connectivity index (χ0v) is 24.8. The summed E-state index contributed by atoms with van der Waals surface area (Å²) in [4.78, 5) is 7.25. The fourth-order valence-corrected chi connectivity index (χ4v) is 6.62. The Bertz CT molecular complexity index is 2140. The van der Waals surface area contributed by atoms with Gasteiger partial charge in [0.2, 0.25) is 5.89 Å². The fourth-order valence-electron chi connectivity index (χ4n) is 6.62. The van der Waals surface area contributed by atoms with Crippen molar-refractivity contribution in [2.75, 3.05) is 4.90 Å². The molecular formula is C40H32N2O. The Balaban J connectivity index is 1.25. The van der Waals surface area contributed by atoms with E-state index < -0.39 is 0 Å². The summed E-state index contributed by atoms with van der Waals surface area (Å²) >= 11 is 0.